The summed E-state index contributed by atoms with van der Waals surface area (Å²) in [5.74, 6) is 0.155. The van der Waals surface area contributed by atoms with Crippen LogP contribution in [-0.2, 0) is 9.53 Å². The smallest absolute Gasteiger partial charge is 0.236 e. The van der Waals surface area contributed by atoms with Crippen LogP contribution in [0.3, 0.4) is 0 Å². The highest BCUT2D eigenvalue weighted by molar-refractivity contribution is 9.10. The van der Waals surface area contributed by atoms with Crippen molar-refractivity contribution in [2.24, 2.45) is 0 Å². The molecule has 0 saturated carbocycles. The van der Waals surface area contributed by atoms with Crippen molar-refractivity contribution in [2.75, 3.05) is 13.1 Å². The van der Waals surface area contributed by atoms with Gasteiger partial charge in [-0.3, -0.25) is 4.79 Å². The number of nitrogens with zero attached hydrogens (tertiary/aromatic N) is 1. The predicted octanol–water partition coefficient (Wildman–Crippen LogP) is 1.41. The van der Waals surface area contributed by atoms with Gasteiger partial charge >= 0.3 is 0 Å². The Labute approximate surface area is 87.6 Å². The van der Waals surface area contributed by atoms with Gasteiger partial charge in [0, 0.05) is 13.1 Å². The van der Waals surface area contributed by atoms with Crippen LogP contribution in [-0.4, -0.2) is 40.9 Å². The van der Waals surface area contributed by atoms with Gasteiger partial charge in [0.2, 0.25) is 5.91 Å². The normalized spacial score (nSPS) is 31.5. The van der Waals surface area contributed by atoms with Crippen LogP contribution in [0.15, 0.2) is 0 Å². The van der Waals surface area contributed by atoms with E-state index in [1.807, 2.05) is 25.7 Å². The molecule has 1 aliphatic heterocycles. The number of alkyl halides is 1. The molecule has 0 aromatic heterocycles. The lowest BCUT2D eigenvalue weighted by atomic mass is 10.2. The number of amides is 1. The second-order valence-corrected chi connectivity index (χ2v) is 4.99. The first-order valence-electron chi connectivity index (χ1n) is 4.59. The zero-order valence-electron chi connectivity index (χ0n) is 8.29. The zero-order chi connectivity index (χ0) is 10.0. The molecule has 0 bridgehead atoms. The van der Waals surface area contributed by atoms with Crippen molar-refractivity contribution in [3.63, 3.8) is 0 Å². The molecule has 1 aliphatic rings. The minimum atomic E-state index is -0.0926. The highest BCUT2D eigenvalue weighted by Crippen LogP contribution is 2.13. The average molecular weight is 250 g/mol. The highest BCUT2D eigenvalue weighted by atomic mass is 79.9. The largest absolute Gasteiger partial charge is 0.372 e. The third kappa shape index (κ3) is 2.95. The van der Waals surface area contributed by atoms with Gasteiger partial charge in [-0.15, -0.1) is 0 Å². The molecule has 13 heavy (non-hydrogen) atoms. The third-order valence-corrected chi connectivity index (χ3v) is 2.46. The Morgan fingerprint density at radius 3 is 2.31 bits per heavy atom. The summed E-state index contributed by atoms with van der Waals surface area (Å²) in [4.78, 5) is 13.4. The molecule has 1 amide bonds. The van der Waals surface area contributed by atoms with Crippen molar-refractivity contribution in [1.82, 2.24) is 4.90 Å². The number of morpholine rings is 1. The molecule has 3 nitrogen and oxygen atoms in total. The Hall–Kier alpha value is -0.0900. The molecule has 1 fully saturated rings. The lowest BCUT2D eigenvalue weighted by molar-refractivity contribution is -0.142. The average Bonchev–Trinajstić information content (AvgIpc) is 2.01. The maximum atomic E-state index is 11.6. The number of carbonyl (C=O) groups excluding carboxylic acids is 1. The fourth-order valence-corrected chi connectivity index (χ4v) is 1.90. The van der Waals surface area contributed by atoms with Gasteiger partial charge in [-0.25, -0.2) is 0 Å². The summed E-state index contributed by atoms with van der Waals surface area (Å²) >= 11 is 3.28. The van der Waals surface area contributed by atoms with Crippen molar-refractivity contribution in [1.29, 1.82) is 0 Å². The first-order valence-corrected chi connectivity index (χ1v) is 5.50. The number of hydrogen-bond donors (Lipinski definition) is 0. The molecule has 0 unspecified atom stereocenters. The Balaban J connectivity index is 2.55. The zero-order valence-corrected chi connectivity index (χ0v) is 9.87. The minimum Gasteiger partial charge on any atom is -0.372 e. The molecule has 1 saturated heterocycles. The van der Waals surface area contributed by atoms with E-state index in [2.05, 4.69) is 15.9 Å². The second kappa shape index (κ2) is 4.42. The molecule has 0 N–H and O–H groups in total. The van der Waals surface area contributed by atoms with Crippen LogP contribution in [0, 0.1) is 0 Å². The molecule has 0 spiro atoms. The van der Waals surface area contributed by atoms with Crippen LogP contribution < -0.4 is 0 Å². The number of ether oxygens (including phenoxy) is 1. The van der Waals surface area contributed by atoms with Gasteiger partial charge in [-0.05, 0) is 20.8 Å². The Morgan fingerprint density at radius 1 is 1.46 bits per heavy atom. The quantitative estimate of drug-likeness (QED) is 0.658. The van der Waals surface area contributed by atoms with Gasteiger partial charge in [0.25, 0.3) is 0 Å². The fourth-order valence-electron chi connectivity index (χ4n) is 1.61. The van der Waals surface area contributed by atoms with Gasteiger partial charge in [0.05, 0.1) is 17.0 Å². The number of hydrogen-bond acceptors (Lipinski definition) is 2. The summed E-state index contributed by atoms with van der Waals surface area (Å²) in [5, 5.41) is 0. The first-order chi connectivity index (χ1) is 6.00. The summed E-state index contributed by atoms with van der Waals surface area (Å²) in [5.41, 5.74) is 0. The van der Waals surface area contributed by atoms with Crippen molar-refractivity contribution >= 4 is 21.8 Å². The van der Waals surface area contributed by atoms with Gasteiger partial charge < -0.3 is 9.64 Å². The molecule has 0 aromatic rings. The van der Waals surface area contributed by atoms with Crippen LogP contribution in [0.5, 0.6) is 0 Å². The number of rotatable bonds is 1. The highest BCUT2D eigenvalue weighted by Gasteiger charge is 2.27. The maximum absolute atomic E-state index is 11.6. The number of halogens is 1. The third-order valence-electron chi connectivity index (χ3n) is 2.07. The standard InChI is InChI=1S/C9H16BrNO2/c1-6-4-11(5-7(2)13-6)9(12)8(3)10/h6-8H,4-5H2,1-3H3/t6-,7-,8-/m1/s1. The summed E-state index contributed by atoms with van der Waals surface area (Å²) < 4.78 is 5.54. The monoisotopic (exact) mass is 249 g/mol. The van der Waals surface area contributed by atoms with Gasteiger partial charge in [0.15, 0.2) is 0 Å². The molecule has 0 aromatic carbocycles. The van der Waals surface area contributed by atoms with Crippen molar-refractivity contribution < 1.29 is 9.53 Å². The van der Waals surface area contributed by atoms with Crippen molar-refractivity contribution in [3.8, 4) is 0 Å². The maximum Gasteiger partial charge on any atom is 0.236 e. The van der Waals surface area contributed by atoms with Crippen LogP contribution in [0.25, 0.3) is 0 Å². The summed E-state index contributed by atoms with van der Waals surface area (Å²) in [7, 11) is 0. The molecular weight excluding hydrogens is 234 g/mol. The van der Waals surface area contributed by atoms with E-state index in [9.17, 15) is 4.79 Å². The van der Waals surface area contributed by atoms with Gasteiger partial charge in [0.1, 0.15) is 0 Å². The van der Waals surface area contributed by atoms with E-state index in [-0.39, 0.29) is 22.9 Å². The van der Waals surface area contributed by atoms with Gasteiger partial charge in [-0.1, -0.05) is 15.9 Å². The number of carbonyl (C=O) groups is 1. The van der Waals surface area contributed by atoms with E-state index < -0.39 is 0 Å². The predicted molar refractivity (Wildman–Crippen MR) is 55.0 cm³/mol. The Bertz CT molecular complexity index is 186. The molecule has 3 atom stereocenters. The molecule has 1 rings (SSSR count). The molecule has 76 valence electrons. The van der Waals surface area contributed by atoms with Crippen LogP contribution in [0.4, 0.5) is 0 Å². The summed E-state index contributed by atoms with van der Waals surface area (Å²) in [6.07, 6.45) is 0.304. The fraction of sp³-hybridized carbons (Fsp3) is 0.889. The van der Waals surface area contributed by atoms with E-state index >= 15 is 0 Å². The Kier molecular flexibility index (Phi) is 3.74. The van der Waals surface area contributed by atoms with Crippen LogP contribution >= 0.6 is 15.9 Å². The Morgan fingerprint density at radius 2 is 1.92 bits per heavy atom. The molecule has 0 radical (unpaired) electrons. The molecule has 0 aliphatic carbocycles. The molecule has 1 heterocycles. The minimum absolute atomic E-state index is 0.0926. The van der Waals surface area contributed by atoms with E-state index in [1.54, 1.807) is 0 Å². The molecule has 4 heteroatoms. The molecular formula is C9H16BrNO2. The van der Waals surface area contributed by atoms with Crippen molar-refractivity contribution in [3.05, 3.63) is 0 Å². The first kappa shape index (κ1) is 11.0. The van der Waals surface area contributed by atoms with E-state index in [1.165, 1.54) is 0 Å². The lowest BCUT2D eigenvalue weighted by Crippen LogP contribution is -2.49. The van der Waals surface area contributed by atoms with E-state index in [0.29, 0.717) is 13.1 Å². The van der Waals surface area contributed by atoms with Crippen LogP contribution in [0.1, 0.15) is 20.8 Å². The second-order valence-electron chi connectivity index (χ2n) is 3.62. The lowest BCUT2D eigenvalue weighted by Gasteiger charge is -2.35. The van der Waals surface area contributed by atoms with E-state index in [0.717, 1.165) is 0 Å². The summed E-state index contributed by atoms with van der Waals surface area (Å²) in [6, 6.07) is 0. The SMILES string of the molecule is C[C@@H]1CN(C(=O)[C@@H](C)Br)C[C@@H](C)O1. The topological polar surface area (TPSA) is 29.5 Å². The van der Waals surface area contributed by atoms with Crippen molar-refractivity contribution in [2.45, 2.75) is 37.8 Å². The van der Waals surface area contributed by atoms with Crippen LogP contribution in [0.2, 0.25) is 0 Å². The van der Waals surface area contributed by atoms with E-state index in [4.69, 9.17) is 4.74 Å². The van der Waals surface area contributed by atoms with Gasteiger partial charge in [-0.2, -0.15) is 0 Å². The summed E-state index contributed by atoms with van der Waals surface area (Å²) in [6.45, 7) is 7.26.